The molecule has 10 heteroatoms. The highest BCUT2D eigenvalue weighted by Crippen LogP contribution is 2.21. The number of anilines is 3. The van der Waals surface area contributed by atoms with E-state index in [1.807, 2.05) is 20.8 Å². The summed E-state index contributed by atoms with van der Waals surface area (Å²) in [4.78, 5) is 29.0. The molecule has 1 aliphatic heterocycles. The molecule has 0 aliphatic carbocycles. The van der Waals surface area contributed by atoms with Crippen LogP contribution in [0.4, 0.5) is 26.8 Å². The van der Waals surface area contributed by atoms with Gasteiger partial charge in [0.2, 0.25) is 11.9 Å². The quantitative estimate of drug-likeness (QED) is 0.696. The Morgan fingerprint density at radius 3 is 2.69 bits per heavy atom. The van der Waals surface area contributed by atoms with Gasteiger partial charge in [0.25, 0.3) is 0 Å². The maximum absolute atomic E-state index is 13.1. The molecular formula is C22H32FN7O2. The van der Waals surface area contributed by atoms with Crippen molar-refractivity contribution >= 4 is 23.7 Å². The number of benzene rings is 1. The van der Waals surface area contributed by atoms with E-state index in [1.54, 1.807) is 24.1 Å². The number of nitrogens with zero attached hydrogens (tertiary/aromatic N) is 5. The molecule has 1 saturated heterocycles. The molecule has 0 saturated carbocycles. The van der Waals surface area contributed by atoms with Gasteiger partial charge in [-0.3, -0.25) is 4.90 Å². The van der Waals surface area contributed by atoms with E-state index in [2.05, 4.69) is 25.2 Å². The van der Waals surface area contributed by atoms with Crippen LogP contribution in [-0.4, -0.2) is 63.1 Å². The number of piperidine rings is 1. The Balaban J connectivity index is 1.59. The molecule has 174 valence electrons. The number of hydrogen-bond donors (Lipinski definition) is 2. The smallest absolute Gasteiger partial charge is 0.410 e. The third kappa shape index (κ3) is 7.30. The molecule has 2 aromatic rings. The number of carbonyl (C=O) groups excluding carboxylic acids is 1. The predicted octanol–water partition coefficient (Wildman–Crippen LogP) is 3.42. The minimum absolute atomic E-state index is 0.123. The standard InChI is InChI=1S/C22H32FN7O2/c1-22(2,3)32-21(31)29(4)12-15-6-5-11-30(13-15)14-18-26-19(24)28-20(27-18)25-17-9-7-16(23)8-10-17/h7-10,15H,5-6,11-14H2,1-4H3,(H3,24,25,26,27,28). The average molecular weight is 446 g/mol. The number of likely N-dealkylation sites (tertiary alicyclic amines) is 1. The van der Waals surface area contributed by atoms with E-state index in [0.29, 0.717) is 36.5 Å². The Labute approximate surface area is 188 Å². The van der Waals surface area contributed by atoms with E-state index in [1.165, 1.54) is 12.1 Å². The Bertz CT molecular complexity index is 917. The molecule has 32 heavy (non-hydrogen) atoms. The van der Waals surface area contributed by atoms with Crippen LogP contribution < -0.4 is 11.1 Å². The second-order valence-corrected chi connectivity index (χ2v) is 9.17. The van der Waals surface area contributed by atoms with Crippen LogP contribution in [0.3, 0.4) is 0 Å². The van der Waals surface area contributed by atoms with Crippen LogP contribution in [0.2, 0.25) is 0 Å². The summed E-state index contributed by atoms with van der Waals surface area (Å²) in [6.45, 7) is 8.47. The highest BCUT2D eigenvalue weighted by Gasteiger charge is 2.26. The first-order chi connectivity index (χ1) is 15.1. The van der Waals surface area contributed by atoms with Gasteiger partial charge in [0.1, 0.15) is 17.2 Å². The van der Waals surface area contributed by atoms with Crippen molar-refractivity contribution in [2.45, 2.75) is 45.8 Å². The molecule has 1 aromatic heterocycles. The van der Waals surface area contributed by atoms with Gasteiger partial charge in [0.05, 0.1) is 6.54 Å². The number of nitrogen functional groups attached to an aromatic ring is 1. The predicted molar refractivity (Wildman–Crippen MR) is 121 cm³/mol. The van der Waals surface area contributed by atoms with Crippen molar-refractivity contribution in [2.24, 2.45) is 5.92 Å². The molecule has 1 aliphatic rings. The maximum Gasteiger partial charge on any atom is 0.410 e. The number of hydrogen-bond acceptors (Lipinski definition) is 8. The van der Waals surface area contributed by atoms with E-state index in [0.717, 1.165) is 25.9 Å². The van der Waals surface area contributed by atoms with Gasteiger partial charge in [-0.1, -0.05) is 0 Å². The number of halogens is 1. The van der Waals surface area contributed by atoms with Crippen molar-refractivity contribution in [3.05, 3.63) is 35.9 Å². The minimum atomic E-state index is -0.512. The fraction of sp³-hybridized carbons (Fsp3) is 0.545. The van der Waals surface area contributed by atoms with Crippen molar-refractivity contribution in [1.29, 1.82) is 0 Å². The highest BCUT2D eigenvalue weighted by molar-refractivity contribution is 5.67. The van der Waals surface area contributed by atoms with Gasteiger partial charge in [-0.25, -0.2) is 9.18 Å². The lowest BCUT2D eigenvalue weighted by molar-refractivity contribution is 0.0241. The van der Waals surface area contributed by atoms with E-state index in [9.17, 15) is 9.18 Å². The lowest BCUT2D eigenvalue weighted by atomic mass is 9.97. The van der Waals surface area contributed by atoms with Crippen LogP contribution in [0.5, 0.6) is 0 Å². The summed E-state index contributed by atoms with van der Waals surface area (Å²) in [6.07, 6.45) is 1.76. The van der Waals surface area contributed by atoms with Crippen molar-refractivity contribution < 1.29 is 13.9 Å². The summed E-state index contributed by atoms with van der Waals surface area (Å²) in [5.74, 6) is 1.01. The Hall–Kier alpha value is -3.01. The zero-order valence-electron chi connectivity index (χ0n) is 19.1. The number of amides is 1. The van der Waals surface area contributed by atoms with Crippen molar-refractivity contribution in [2.75, 3.05) is 37.7 Å². The van der Waals surface area contributed by atoms with Crippen LogP contribution >= 0.6 is 0 Å². The third-order valence-corrected chi connectivity index (χ3v) is 5.00. The molecule has 3 rings (SSSR count). The lowest BCUT2D eigenvalue weighted by Crippen LogP contribution is -2.42. The van der Waals surface area contributed by atoms with Crippen molar-refractivity contribution in [3.8, 4) is 0 Å². The number of ether oxygens (including phenoxy) is 1. The Morgan fingerprint density at radius 1 is 1.28 bits per heavy atom. The zero-order chi connectivity index (χ0) is 23.3. The number of carbonyl (C=O) groups is 1. The lowest BCUT2D eigenvalue weighted by Gasteiger charge is -2.34. The molecule has 0 spiro atoms. The van der Waals surface area contributed by atoms with Crippen molar-refractivity contribution in [1.82, 2.24) is 24.8 Å². The molecule has 2 heterocycles. The highest BCUT2D eigenvalue weighted by atomic mass is 19.1. The molecule has 0 bridgehead atoms. The van der Waals surface area contributed by atoms with Crippen LogP contribution in [0.25, 0.3) is 0 Å². The number of nitrogens with two attached hydrogens (primary N) is 1. The first-order valence-electron chi connectivity index (χ1n) is 10.8. The third-order valence-electron chi connectivity index (χ3n) is 5.00. The van der Waals surface area contributed by atoms with Crippen LogP contribution in [0, 0.1) is 11.7 Å². The minimum Gasteiger partial charge on any atom is -0.444 e. The van der Waals surface area contributed by atoms with Gasteiger partial charge >= 0.3 is 6.09 Å². The normalized spacial score (nSPS) is 17.1. The summed E-state index contributed by atoms with van der Waals surface area (Å²) >= 11 is 0. The molecule has 1 amide bonds. The zero-order valence-corrected chi connectivity index (χ0v) is 19.1. The van der Waals surface area contributed by atoms with Crippen LogP contribution in [0.15, 0.2) is 24.3 Å². The molecule has 1 atom stereocenters. The summed E-state index contributed by atoms with van der Waals surface area (Å²) < 4.78 is 18.6. The first-order valence-corrected chi connectivity index (χ1v) is 10.8. The van der Waals surface area contributed by atoms with Crippen LogP contribution in [-0.2, 0) is 11.3 Å². The van der Waals surface area contributed by atoms with E-state index >= 15 is 0 Å². The number of aromatic nitrogens is 3. The van der Waals surface area contributed by atoms with Crippen LogP contribution in [0.1, 0.15) is 39.4 Å². The van der Waals surface area contributed by atoms with E-state index < -0.39 is 5.60 Å². The van der Waals surface area contributed by atoms with E-state index in [-0.39, 0.29) is 17.9 Å². The SMILES string of the molecule is CN(CC1CCCN(Cc2nc(N)nc(Nc3ccc(F)cc3)n2)C1)C(=O)OC(C)(C)C. The molecule has 0 radical (unpaired) electrons. The fourth-order valence-electron chi connectivity index (χ4n) is 3.67. The van der Waals surface area contributed by atoms with Gasteiger partial charge in [-0.05, 0) is 70.3 Å². The van der Waals surface area contributed by atoms with Gasteiger partial charge in [0.15, 0.2) is 0 Å². The summed E-state index contributed by atoms with van der Waals surface area (Å²) in [5.41, 5.74) is 6.03. The van der Waals surface area contributed by atoms with Gasteiger partial charge in [0, 0.05) is 25.8 Å². The second kappa shape index (κ2) is 10.1. The largest absolute Gasteiger partial charge is 0.444 e. The molecular weight excluding hydrogens is 413 g/mol. The van der Waals surface area contributed by atoms with E-state index in [4.69, 9.17) is 10.5 Å². The van der Waals surface area contributed by atoms with Crippen molar-refractivity contribution in [3.63, 3.8) is 0 Å². The van der Waals surface area contributed by atoms with Gasteiger partial charge < -0.3 is 20.7 Å². The molecule has 1 aromatic carbocycles. The summed E-state index contributed by atoms with van der Waals surface area (Å²) in [6, 6.07) is 5.92. The maximum atomic E-state index is 13.1. The monoisotopic (exact) mass is 445 g/mol. The van der Waals surface area contributed by atoms with Gasteiger partial charge in [-0.2, -0.15) is 15.0 Å². The topological polar surface area (TPSA) is 110 Å². The summed E-state index contributed by atoms with van der Waals surface area (Å²) in [7, 11) is 1.77. The first kappa shape index (κ1) is 23.6. The van der Waals surface area contributed by atoms with Gasteiger partial charge in [-0.15, -0.1) is 0 Å². The summed E-state index contributed by atoms with van der Waals surface area (Å²) in [5, 5.41) is 3.03. The molecule has 1 unspecified atom stereocenters. The molecule has 3 N–H and O–H groups in total. The fourth-order valence-corrected chi connectivity index (χ4v) is 3.67. The number of nitrogens with one attached hydrogen (secondary N) is 1. The average Bonchev–Trinajstić information content (AvgIpc) is 2.68. The molecule has 9 nitrogen and oxygen atoms in total. The number of rotatable bonds is 6. The molecule has 1 fully saturated rings. The Kier molecular flexibility index (Phi) is 7.44. The Morgan fingerprint density at radius 2 is 2.00 bits per heavy atom. The second-order valence-electron chi connectivity index (χ2n) is 9.17.